The van der Waals surface area contributed by atoms with Crippen LogP contribution in [0.4, 0.5) is 0 Å². The van der Waals surface area contributed by atoms with Crippen LogP contribution in [0.1, 0.15) is 17.3 Å². The summed E-state index contributed by atoms with van der Waals surface area (Å²) in [5, 5.41) is 6.91. The Morgan fingerprint density at radius 2 is 2.47 bits per heavy atom. The highest BCUT2D eigenvalue weighted by Gasteiger charge is 2.23. The van der Waals surface area contributed by atoms with E-state index in [4.69, 9.17) is 0 Å². The Balaban J connectivity index is 1.99. The van der Waals surface area contributed by atoms with E-state index in [-0.39, 0.29) is 0 Å². The topological polar surface area (TPSA) is 27.3 Å². The first-order valence-electron chi connectivity index (χ1n) is 6.04. The van der Waals surface area contributed by atoms with Crippen LogP contribution in [-0.2, 0) is 0 Å². The van der Waals surface area contributed by atoms with Crippen LogP contribution in [0.3, 0.4) is 0 Å². The van der Waals surface area contributed by atoms with Gasteiger partial charge in [-0.05, 0) is 48.6 Å². The Kier molecular flexibility index (Phi) is 4.99. The average Bonchev–Trinajstić information content (AvgIpc) is 2.75. The normalized spacial score (nSPS) is 23.8. The van der Waals surface area contributed by atoms with Crippen molar-refractivity contribution in [2.45, 2.75) is 18.5 Å². The van der Waals surface area contributed by atoms with Crippen molar-refractivity contribution in [3.8, 4) is 0 Å². The molecule has 0 aromatic carbocycles. The SMILES string of the molecule is CNC(CC1CNCCN1C)c1ccc(Br)s1. The monoisotopic (exact) mass is 317 g/mol. The second-order valence-corrected chi connectivity index (χ2v) is 7.05. The van der Waals surface area contributed by atoms with Crippen LogP contribution in [-0.4, -0.2) is 44.7 Å². The Labute approximate surface area is 116 Å². The van der Waals surface area contributed by atoms with Crippen molar-refractivity contribution in [1.82, 2.24) is 15.5 Å². The maximum atomic E-state index is 3.53. The second kappa shape index (κ2) is 6.29. The van der Waals surface area contributed by atoms with Crippen LogP contribution < -0.4 is 10.6 Å². The molecule has 2 unspecified atom stereocenters. The summed E-state index contributed by atoms with van der Waals surface area (Å²) >= 11 is 5.36. The average molecular weight is 318 g/mol. The number of likely N-dealkylation sites (N-methyl/N-ethyl adjacent to an activating group) is 1. The van der Waals surface area contributed by atoms with E-state index in [9.17, 15) is 0 Å². The number of halogens is 1. The standard InChI is InChI=1S/C12H20BrN3S/c1-14-10(11-3-4-12(13)17-11)7-9-8-15-5-6-16(9)2/h3-4,9-10,14-15H,5-8H2,1-2H3. The molecule has 1 fully saturated rings. The third-order valence-electron chi connectivity index (χ3n) is 3.44. The first-order chi connectivity index (χ1) is 8.20. The van der Waals surface area contributed by atoms with Crippen molar-refractivity contribution in [3.63, 3.8) is 0 Å². The van der Waals surface area contributed by atoms with Crippen molar-refractivity contribution in [2.24, 2.45) is 0 Å². The minimum atomic E-state index is 0.457. The van der Waals surface area contributed by atoms with Gasteiger partial charge in [-0.2, -0.15) is 0 Å². The van der Waals surface area contributed by atoms with Crippen molar-refractivity contribution in [3.05, 3.63) is 20.8 Å². The van der Waals surface area contributed by atoms with Gasteiger partial charge < -0.3 is 15.5 Å². The van der Waals surface area contributed by atoms with Crippen molar-refractivity contribution >= 4 is 27.3 Å². The van der Waals surface area contributed by atoms with E-state index in [1.807, 2.05) is 11.3 Å². The summed E-state index contributed by atoms with van der Waals surface area (Å²) in [7, 11) is 4.27. The molecule has 5 heteroatoms. The smallest absolute Gasteiger partial charge is 0.0701 e. The molecule has 1 aromatic rings. The molecule has 2 heterocycles. The van der Waals surface area contributed by atoms with Gasteiger partial charge in [0.15, 0.2) is 0 Å². The summed E-state index contributed by atoms with van der Waals surface area (Å²) in [6, 6.07) is 5.43. The maximum absolute atomic E-state index is 3.53. The third kappa shape index (κ3) is 3.51. The Bertz CT molecular complexity index is 355. The molecule has 1 aromatic heterocycles. The van der Waals surface area contributed by atoms with E-state index >= 15 is 0 Å². The van der Waals surface area contributed by atoms with Gasteiger partial charge in [0.1, 0.15) is 0 Å². The Morgan fingerprint density at radius 1 is 1.65 bits per heavy atom. The van der Waals surface area contributed by atoms with Gasteiger partial charge in [0.2, 0.25) is 0 Å². The molecule has 0 aliphatic carbocycles. The van der Waals surface area contributed by atoms with Crippen LogP contribution in [0.2, 0.25) is 0 Å². The number of hydrogen-bond donors (Lipinski definition) is 2. The zero-order chi connectivity index (χ0) is 12.3. The fourth-order valence-electron chi connectivity index (χ4n) is 2.29. The highest BCUT2D eigenvalue weighted by Crippen LogP contribution is 2.30. The van der Waals surface area contributed by atoms with E-state index in [0.717, 1.165) is 26.1 Å². The van der Waals surface area contributed by atoms with Gasteiger partial charge in [0.25, 0.3) is 0 Å². The molecule has 0 spiro atoms. The van der Waals surface area contributed by atoms with Crippen molar-refractivity contribution in [1.29, 1.82) is 0 Å². The molecule has 0 radical (unpaired) electrons. The fourth-order valence-corrected chi connectivity index (χ4v) is 3.84. The molecule has 0 amide bonds. The van der Waals surface area contributed by atoms with E-state index < -0.39 is 0 Å². The lowest BCUT2D eigenvalue weighted by Crippen LogP contribution is -2.50. The molecule has 1 aliphatic heterocycles. The predicted molar refractivity (Wildman–Crippen MR) is 77.7 cm³/mol. The lowest BCUT2D eigenvalue weighted by Gasteiger charge is -2.35. The summed E-state index contributed by atoms with van der Waals surface area (Å²) in [6.45, 7) is 3.36. The van der Waals surface area contributed by atoms with Gasteiger partial charge >= 0.3 is 0 Å². The second-order valence-electron chi connectivity index (χ2n) is 4.56. The third-order valence-corrected chi connectivity index (χ3v) is 5.18. The summed E-state index contributed by atoms with van der Waals surface area (Å²) in [5.74, 6) is 0. The van der Waals surface area contributed by atoms with Crippen molar-refractivity contribution < 1.29 is 0 Å². The number of hydrogen-bond acceptors (Lipinski definition) is 4. The van der Waals surface area contributed by atoms with Gasteiger partial charge in [-0.1, -0.05) is 0 Å². The molecule has 2 atom stereocenters. The number of thiophene rings is 1. The molecule has 96 valence electrons. The fraction of sp³-hybridized carbons (Fsp3) is 0.667. The molecule has 3 nitrogen and oxygen atoms in total. The number of nitrogens with one attached hydrogen (secondary N) is 2. The first kappa shape index (κ1) is 13.5. The zero-order valence-corrected chi connectivity index (χ0v) is 12.8. The van der Waals surface area contributed by atoms with E-state index in [0.29, 0.717) is 12.1 Å². The van der Waals surface area contributed by atoms with E-state index in [1.54, 1.807) is 0 Å². The van der Waals surface area contributed by atoms with Crippen LogP contribution >= 0.6 is 27.3 Å². The molecule has 2 N–H and O–H groups in total. The Morgan fingerprint density at radius 3 is 3.06 bits per heavy atom. The van der Waals surface area contributed by atoms with E-state index in [1.165, 1.54) is 8.66 Å². The lowest BCUT2D eigenvalue weighted by molar-refractivity contribution is 0.178. The van der Waals surface area contributed by atoms with Gasteiger partial charge in [0.05, 0.1) is 3.79 Å². The number of piperazine rings is 1. The highest BCUT2D eigenvalue weighted by atomic mass is 79.9. The number of nitrogens with zero attached hydrogens (tertiary/aromatic N) is 1. The van der Waals surface area contributed by atoms with Crippen molar-refractivity contribution in [2.75, 3.05) is 33.7 Å². The molecule has 0 bridgehead atoms. The Hall–Kier alpha value is 0.0600. The summed E-state index contributed by atoms with van der Waals surface area (Å²) in [6.07, 6.45) is 1.16. The van der Waals surface area contributed by atoms with Gasteiger partial charge in [-0.3, -0.25) is 0 Å². The molecule has 17 heavy (non-hydrogen) atoms. The van der Waals surface area contributed by atoms with E-state index in [2.05, 4.69) is 57.7 Å². The summed E-state index contributed by atoms with van der Waals surface area (Å²) < 4.78 is 1.21. The van der Waals surface area contributed by atoms with Gasteiger partial charge in [-0.25, -0.2) is 0 Å². The molecular formula is C12H20BrN3S. The molecule has 0 saturated carbocycles. The van der Waals surface area contributed by atoms with Gasteiger partial charge in [0, 0.05) is 36.6 Å². The zero-order valence-electron chi connectivity index (χ0n) is 10.4. The summed E-state index contributed by atoms with van der Waals surface area (Å²) in [4.78, 5) is 3.88. The quantitative estimate of drug-likeness (QED) is 0.890. The minimum absolute atomic E-state index is 0.457. The minimum Gasteiger partial charge on any atom is -0.314 e. The van der Waals surface area contributed by atoms with Crippen LogP contribution in [0.5, 0.6) is 0 Å². The van der Waals surface area contributed by atoms with Crippen LogP contribution in [0, 0.1) is 0 Å². The first-order valence-corrected chi connectivity index (χ1v) is 7.65. The van der Waals surface area contributed by atoms with Crippen LogP contribution in [0.25, 0.3) is 0 Å². The predicted octanol–water partition coefficient (Wildman–Crippen LogP) is 2.06. The summed E-state index contributed by atoms with van der Waals surface area (Å²) in [5.41, 5.74) is 0. The van der Waals surface area contributed by atoms with Gasteiger partial charge in [-0.15, -0.1) is 11.3 Å². The molecule has 1 aliphatic rings. The lowest BCUT2D eigenvalue weighted by atomic mass is 10.0. The molecular weight excluding hydrogens is 298 g/mol. The number of rotatable bonds is 4. The maximum Gasteiger partial charge on any atom is 0.0701 e. The largest absolute Gasteiger partial charge is 0.314 e. The molecule has 2 rings (SSSR count). The highest BCUT2D eigenvalue weighted by molar-refractivity contribution is 9.11. The molecule has 1 saturated heterocycles. The van der Waals surface area contributed by atoms with Crippen LogP contribution in [0.15, 0.2) is 15.9 Å².